The molecule has 0 aliphatic rings. The zero-order chi connectivity index (χ0) is 11.6. The molecule has 2 N–H and O–H groups in total. The largest absolute Gasteiger partial charge is 0.491 e. The van der Waals surface area contributed by atoms with E-state index in [2.05, 4.69) is 4.74 Å². The molecule has 0 aliphatic carbocycles. The lowest BCUT2D eigenvalue weighted by atomic mass is 10.2. The highest BCUT2D eigenvalue weighted by Crippen LogP contribution is 2.29. The molecule has 1 amide bonds. The molecule has 0 unspecified atom stereocenters. The third kappa shape index (κ3) is 2.12. The van der Waals surface area contributed by atoms with Crippen molar-refractivity contribution in [3.63, 3.8) is 0 Å². The van der Waals surface area contributed by atoms with E-state index in [-0.39, 0.29) is 0 Å². The maximum atomic E-state index is 13.2. The number of ether oxygens (including phenoxy) is 1. The molecule has 4 nitrogen and oxygen atoms in total. The molecular formula is C8H6F3NO3. The van der Waals surface area contributed by atoms with Crippen LogP contribution in [0.25, 0.3) is 0 Å². The van der Waals surface area contributed by atoms with E-state index >= 15 is 0 Å². The Morgan fingerprint density at radius 1 is 1.40 bits per heavy atom. The van der Waals surface area contributed by atoms with E-state index in [1.165, 1.54) is 0 Å². The molecule has 1 aromatic carbocycles. The summed E-state index contributed by atoms with van der Waals surface area (Å²) in [5, 5.41) is 9.85. The smallest absolute Gasteiger partial charge is 0.409 e. The van der Waals surface area contributed by atoms with Crippen LogP contribution in [0.15, 0.2) is 6.07 Å². The fourth-order valence-corrected chi connectivity index (χ4v) is 0.966. The van der Waals surface area contributed by atoms with Gasteiger partial charge in [0.15, 0.2) is 17.4 Å². The first-order chi connectivity index (χ1) is 6.97. The first-order valence-corrected chi connectivity index (χ1v) is 3.68. The van der Waals surface area contributed by atoms with Crippen LogP contribution in [-0.2, 0) is 0 Å². The number of carbonyl (C=O) groups is 1. The minimum absolute atomic E-state index is 0.390. The van der Waals surface area contributed by atoms with Crippen LogP contribution in [0.3, 0.4) is 0 Å². The molecule has 82 valence electrons. The quantitative estimate of drug-likeness (QED) is 0.752. The number of anilines is 1. The summed E-state index contributed by atoms with van der Waals surface area (Å²) in [6, 6.07) is 0.390. The Balaban J connectivity index is 3.30. The van der Waals surface area contributed by atoms with E-state index in [9.17, 15) is 18.0 Å². The maximum Gasteiger partial charge on any atom is 0.409 e. The second kappa shape index (κ2) is 4.07. The molecule has 0 heterocycles. The van der Waals surface area contributed by atoms with Crippen LogP contribution in [0.4, 0.5) is 23.7 Å². The van der Waals surface area contributed by atoms with E-state index in [1.54, 1.807) is 5.32 Å². The van der Waals surface area contributed by atoms with Gasteiger partial charge in [0.1, 0.15) is 0 Å². The molecule has 0 aliphatic heterocycles. The van der Waals surface area contributed by atoms with Crippen molar-refractivity contribution in [2.24, 2.45) is 0 Å². The number of rotatable bonds is 2. The highest BCUT2D eigenvalue weighted by molar-refractivity contribution is 5.83. The van der Waals surface area contributed by atoms with E-state index in [0.717, 1.165) is 7.11 Å². The summed E-state index contributed by atoms with van der Waals surface area (Å²) in [5.74, 6) is -5.19. The van der Waals surface area contributed by atoms with Crippen LogP contribution in [-0.4, -0.2) is 18.3 Å². The van der Waals surface area contributed by atoms with Crippen molar-refractivity contribution in [2.45, 2.75) is 0 Å². The van der Waals surface area contributed by atoms with Crippen molar-refractivity contribution in [3.05, 3.63) is 23.5 Å². The molecule has 0 saturated carbocycles. The van der Waals surface area contributed by atoms with Gasteiger partial charge in [-0.2, -0.15) is 4.39 Å². The highest BCUT2D eigenvalue weighted by Gasteiger charge is 2.20. The van der Waals surface area contributed by atoms with Gasteiger partial charge in [-0.25, -0.2) is 13.6 Å². The molecular weight excluding hydrogens is 215 g/mol. The van der Waals surface area contributed by atoms with Gasteiger partial charge in [0.2, 0.25) is 5.82 Å². The van der Waals surface area contributed by atoms with E-state index in [1.807, 2.05) is 0 Å². The molecule has 0 bridgehead atoms. The van der Waals surface area contributed by atoms with Gasteiger partial charge < -0.3 is 9.84 Å². The van der Waals surface area contributed by atoms with Gasteiger partial charge >= 0.3 is 6.09 Å². The molecule has 0 atom stereocenters. The Kier molecular flexibility index (Phi) is 3.03. The normalized spacial score (nSPS) is 9.87. The van der Waals surface area contributed by atoms with Crippen molar-refractivity contribution < 1.29 is 27.8 Å². The third-order valence-corrected chi connectivity index (χ3v) is 1.56. The van der Waals surface area contributed by atoms with Gasteiger partial charge in [-0.3, -0.25) is 5.32 Å². The van der Waals surface area contributed by atoms with Gasteiger partial charge in [-0.1, -0.05) is 0 Å². The number of nitrogens with one attached hydrogen (secondary N) is 1. The molecule has 15 heavy (non-hydrogen) atoms. The van der Waals surface area contributed by atoms with Crippen LogP contribution >= 0.6 is 0 Å². The Morgan fingerprint density at radius 3 is 2.47 bits per heavy atom. The molecule has 0 radical (unpaired) electrons. The van der Waals surface area contributed by atoms with Gasteiger partial charge in [0, 0.05) is 6.07 Å². The van der Waals surface area contributed by atoms with Gasteiger partial charge in [-0.15, -0.1) is 0 Å². The monoisotopic (exact) mass is 221 g/mol. The van der Waals surface area contributed by atoms with Crippen LogP contribution in [0.2, 0.25) is 0 Å². The van der Waals surface area contributed by atoms with Crippen LogP contribution in [0.5, 0.6) is 5.75 Å². The first kappa shape index (κ1) is 11.2. The molecule has 0 saturated heterocycles. The average molecular weight is 221 g/mol. The predicted octanol–water partition coefficient (Wildman–Crippen LogP) is 2.20. The number of hydrogen-bond acceptors (Lipinski definition) is 2. The number of amides is 1. The summed E-state index contributed by atoms with van der Waals surface area (Å²) in [7, 11) is 0.936. The van der Waals surface area contributed by atoms with Crippen molar-refractivity contribution in [1.82, 2.24) is 0 Å². The molecule has 0 aromatic heterocycles. The maximum absolute atomic E-state index is 13.2. The van der Waals surface area contributed by atoms with Crippen molar-refractivity contribution in [2.75, 3.05) is 12.4 Å². The lowest BCUT2D eigenvalue weighted by Gasteiger charge is -2.08. The van der Waals surface area contributed by atoms with E-state index < -0.39 is 35.0 Å². The second-order valence-electron chi connectivity index (χ2n) is 2.50. The molecule has 1 rings (SSSR count). The number of methoxy groups -OCH3 is 1. The second-order valence-corrected chi connectivity index (χ2v) is 2.50. The summed E-state index contributed by atoms with van der Waals surface area (Å²) in [6.07, 6.45) is -1.60. The van der Waals surface area contributed by atoms with Gasteiger partial charge in [0.05, 0.1) is 12.8 Å². The van der Waals surface area contributed by atoms with Crippen molar-refractivity contribution in [1.29, 1.82) is 0 Å². The van der Waals surface area contributed by atoms with Crippen LogP contribution in [0.1, 0.15) is 0 Å². The molecule has 1 aromatic rings. The van der Waals surface area contributed by atoms with Gasteiger partial charge in [-0.05, 0) is 0 Å². The summed E-state index contributed by atoms with van der Waals surface area (Å²) >= 11 is 0. The third-order valence-electron chi connectivity index (χ3n) is 1.56. The number of hydrogen-bond donors (Lipinski definition) is 2. The van der Waals surface area contributed by atoms with Crippen molar-refractivity contribution in [3.8, 4) is 5.75 Å². The van der Waals surface area contributed by atoms with E-state index in [0.29, 0.717) is 6.07 Å². The predicted molar refractivity (Wildman–Crippen MR) is 44.5 cm³/mol. The SMILES string of the molecule is COc1c(F)c(F)cc(NC(=O)O)c1F. The zero-order valence-electron chi connectivity index (χ0n) is 7.47. The zero-order valence-corrected chi connectivity index (χ0v) is 7.47. The van der Waals surface area contributed by atoms with Crippen LogP contribution < -0.4 is 10.1 Å². The highest BCUT2D eigenvalue weighted by atomic mass is 19.2. The van der Waals surface area contributed by atoms with Crippen LogP contribution in [0, 0.1) is 17.5 Å². The number of halogens is 3. The molecule has 0 fully saturated rings. The van der Waals surface area contributed by atoms with Crippen molar-refractivity contribution >= 4 is 11.8 Å². The average Bonchev–Trinajstić information content (AvgIpc) is 2.14. The Labute approximate surface area is 82.3 Å². The Bertz CT molecular complexity index is 409. The Morgan fingerprint density at radius 2 is 2.00 bits per heavy atom. The standard InChI is InChI=1S/C8H6F3NO3/c1-15-7-5(10)3(9)2-4(6(7)11)12-8(13)14/h2,12H,1H3,(H,13,14). The number of benzene rings is 1. The minimum atomic E-state index is -1.60. The summed E-state index contributed by atoms with van der Waals surface area (Å²) < 4.78 is 43.1. The minimum Gasteiger partial charge on any atom is -0.491 e. The lowest BCUT2D eigenvalue weighted by Crippen LogP contribution is -2.10. The fourth-order valence-electron chi connectivity index (χ4n) is 0.966. The molecule has 0 spiro atoms. The lowest BCUT2D eigenvalue weighted by molar-refractivity contribution is 0.209. The number of carboxylic acid groups (broad SMARTS) is 1. The summed E-state index contributed by atoms with van der Waals surface area (Å²) in [6.45, 7) is 0. The Hall–Kier alpha value is -1.92. The first-order valence-electron chi connectivity index (χ1n) is 3.68. The summed E-state index contributed by atoms with van der Waals surface area (Å²) in [5.41, 5.74) is -0.710. The van der Waals surface area contributed by atoms with Gasteiger partial charge in [0.25, 0.3) is 0 Å². The topological polar surface area (TPSA) is 58.6 Å². The summed E-state index contributed by atoms with van der Waals surface area (Å²) in [4.78, 5) is 10.2. The fraction of sp³-hybridized carbons (Fsp3) is 0.125. The van der Waals surface area contributed by atoms with E-state index in [4.69, 9.17) is 5.11 Å². The molecule has 7 heteroatoms.